The van der Waals surface area contributed by atoms with Gasteiger partial charge in [-0.05, 0) is 25.2 Å². The molecule has 7 heteroatoms. The van der Waals surface area contributed by atoms with Crippen LogP contribution in [0.4, 0.5) is 15.8 Å². The number of rotatable bonds is 6. The molecule has 0 radical (unpaired) electrons. The lowest BCUT2D eigenvalue weighted by Gasteiger charge is -2.21. The summed E-state index contributed by atoms with van der Waals surface area (Å²) in [7, 11) is 1.32. The Balaban J connectivity index is 2.27. The summed E-state index contributed by atoms with van der Waals surface area (Å²) in [5, 5.41) is 23.3. The topological polar surface area (TPSA) is 84.6 Å². The van der Waals surface area contributed by atoms with E-state index in [-0.39, 0.29) is 35.7 Å². The minimum Gasteiger partial charge on any atom is -0.494 e. The second-order valence-corrected chi connectivity index (χ2v) is 5.22. The fourth-order valence-corrected chi connectivity index (χ4v) is 2.90. The molecule has 0 amide bonds. The van der Waals surface area contributed by atoms with Crippen molar-refractivity contribution in [3.05, 3.63) is 28.1 Å². The van der Waals surface area contributed by atoms with Crippen LogP contribution in [0.1, 0.15) is 25.7 Å². The average Bonchev–Trinajstić information content (AvgIpc) is 2.88. The molecule has 1 aliphatic rings. The molecule has 2 atom stereocenters. The van der Waals surface area contributed by atoms with E-state index < -0.39 is 10.7 Å². The predicted octanol–water partition coefficient (Wildman–Crippen LogP) is 2.71. The van der Waals surface area contributed by atoms with E-state index in [2.05, 4.69) is 5.32 Å². The molecule has 0 aliphatic heterocycles. The number of nitro groups is 1. The van der Waals surface area contributed by atoms with E-state index in [1.807, 2.05) is 0 Å². The van der Waals surface area contributed by atoms with Gasteiger partial charge < -0.3 is 15.2 Å². The normalized spacial score (nSPS) is 21.3. The number of nitrogens with zero attached hydrogens (tertiary/aromatic N) is 1. The molecular weight excluding hydrogens is 279 g/mol. The first-order valence-corrected chi connectivity index (χ1v) is 6.96. The van der Waals surface area contributed by atoms with Crippen molar-refractivity contribution >= 4 is 11.4 Å². The first-order chi connectivity index (χ1) is 10.1. The van der Waals surface area contributed by atoms with Gasteiger partial charge >= 0.3 is 0 Å². The fourth-order valence-electron chi connectivity index (χ4n) is 2.90. The van der Waals surface area contributed by atoms with Crippen LogP contribution in [0.2, 0.25) is 0 Å². The van der Waals surface area contributed by atoms with Crippen LogP contribution in [-0.2, 0) is 0 Å². The third-order valence-electron chi connectivity index (χ3n) is 3.97. The lowest BCUT2D eigenvalue weighted by Crippen LogP contribution is -2.25. The lowest BCUT2D eigenvalue weighted by atomic mass is 9.99. The van der Waals surface area contributed by atoms with Gasteiger partial charge in [-0.3, -0.25) is 10.1 Å². The molecule has 1 aromatic carbocycles. The van der Waals surface area contributed by atoms with Crippen LogP contribution in [0.25, 0.3) is 0 Å². The Morgan fingerprint density at radius 3 is 2.90 bits per heavy atom. The van der Waals surface area contributed by atoms with E-state index in [9.17, 15) is 14.5 Å². The van der Waals surface area contributed by atoms with E-state index >= 15 is 0 Å². The summed E-state index contributed by atoms with van der Waals surface area (Å²) in [5.41, 5.74) is -0.0453. The first-order valence-electron chi connectivity index (χ1n) is 6.96. The molecule has 0 spiro atoms. The van der Waals surface area contributed by atoms with Crippen molar-refractivity contribution in [2.45, 2.75) is 31.7 Å². The highest BCUT2D eigenvalue weighted by molar-refractivity contribution is 5.65. The molecule has 1 saturated carbocycles. The zero-order valence-corrected chi connectivity index (χ0v) is 11.8. The van der Waals surface area contributed by atoms with Crippen LogP contribution in [0.5, 0.6) is 5.75 Å². The van der Waals surface area contributed by atoms with Crippen LogP contribution >= 0.6 is 0 Å². The predicted molar refractivity (Wildman–Crippen MR) is 76.1 cm³/mol. The van der Waals surface area contributed by atoms with Crippen LogP contribution in [0, 0.1) is 21.8 Å². The largest absolute Gasteiger partial charge is 0.494 e. The summed E-state index contributed by atoms with van der Waals surface area (Å²) in [5.74, 6) is -0.515. The molecule has 0 aromatic heterocycles. The number of hydrogen-bond donors (Lipinski definition) is 2. The number of halogens is 1. The number of aliphatic hydroxyl groups is 1. The Hall–Kier alpha value is -1.89. The van der Waals surface area contributed by atoms with Crippen molar-refractivity contribution < 1.29 is 19.2 Å². The number of anilines is 1. The number of nitro benzene ring substituents is 1. The van der Waals surface area contributed by atoms with Gasteiger partial charge in [0.25, 0.3) is 5.69 Å². The molecular formula is C14H19FN2O4. The molecule has 2 unspecified atom stereocenters. The molecule has 0 saturated heterocycles. The summed E-state index contributed by atoms with van der Waals surface area (Å²) in [6.45, 7) is 0.0949. The molecule has 0 heterocycles. The van der Waals surface area contributed by atoms with Gasteiger partial charge in [-0.2, -0.15) is 0 Å². The zero-order chi connectivity index (χ0) is 15.4. The minimum atomic E-state index is -0.756. The Morgan fingerprint density at radius 2 is 2.29 bits per heavy atom. The van der Waals surface area contributed by atoms with Crippen molar-refractivity contribution in [2.24, 2.45) is 5.92 Å². The number of aliphatic hydroxyl groups excluding tert-OH is 1. The first kappa shape index (κ1) is 15.5. The average molecular weight is 298 g/mol. The third-order valence-corrected chi connectivity index (χ3v) is 3.97. The van der Waals surface area contributed by atoms with Gasteiger partial charge in [0.05, 0.1) is 18.1 Å². The van der Waals surface area contributed by atoms with E-state index in [4.69, 9.17) is 9.84 Å². The summed E-state index contributed by atoms with van der Waals surface area (Å²) >= 11 is 0. The zero-order valence-electron chi connectivity index (χ0n) is 11.8. The molecule has 6 nitrogen and oxygen atoms in total. The number of ether oxygens (including phenoxy) is 1. The maximum Gasteiger partial charge on any atom is 0.295 e. The van der Waals surface area contributed by atoms with E-state index in [1.54, 1.807) is 0 Å². The second kappa shape index (κ2) is 6.71. The van der Waals surface area contributed by atoms with Crippen LogP contribution in [-0.4, -0.2) is 29.8 Å². The van der Waals surface area contributed by atoms with Gasteiger partial charge in [-0.1, -0.05) is 6.42 Å². The van der Waals surface area contributed by atoms with Gasteiger partial charge in [-0.15, -0.1) is 0 Å². The summed E-state index contributed by atoms with van der Waals surface area (Å²) in [6, 6.07) is 2.24. The highest BCUT2D eigenvalue weighted by Gasteiger charge is 2.29. The Bertz CT molecular complexity index is 524. The van der Waals surface area contributed by atoms with E-state index in [1.165, 1.54) is 13.2 Å². The maximum atomic E-state index is 13.6. The van der Waals surface area contributed by atoms with Gasteiger partial charge in [0, 0.05) is 18.7 Å². The lowest BCUT2D eigenvalue weighted by molar-refractivity contribution is -0.384. The van der Waals surface area contributed by atoms with E-state index in [0.29, 0.717) is 6.42 Å². The molecule has 21 heavy (non-hydrogen) atoms. The molecule has 0 bridgehead atoms. The van der Waals surface area contributed by atoms with Crippen LogP contribution < -0.4 is 10.1 Å². The number of benzene rings is 1. The maximum absolute atomic E-state index is 13.6. The Kier molecular flexibility index (Phi) is 4.95. The van der Waals surface area contributed by atoms with Gasteiger partial charge in [-0.25, -0.2) is 4.39 Å². The highest BCUT2D eigenvalue weighted by Crippen LogP contribution is 2.36. The fraction of sp³-hybridized carbons (Fsp3) is 0.571. The SMILES string of the molecule is COc1cc(NC2CCCC2CCO)c([N+](=O)[O-])cc1F. The van der Waals surface area contributed by atoms with Gasteiger partial charge in [0.2, 0.25) is 0 Å². The minimum absolute atomic E-state index is 0.0280. The Labute approximate surface area is 122 Å². The van der Waals surface area contributed by atoms with Gasteiger partial charge in [0.1, 0.15) is 5.69 Å². The number of methoxy groups -OCH3 is 1. The van der Waals surface area contributed by atoms with Crippen molar-refractivity contribution in [3.8, 4) is 5.75 Å². The summed E-state index contributed by atoms with van der Waals surface area (Å²) in [4.78, 5) is 10.5. The summed E-state index contributed by atoms with van der Waals surface area (Å²) in [6.07, 6.45) is 3.52. The van der Waals surface area contributed by atoms with Crippen LogP contribution in [0.15, 0.2) is 12.1 Å². The van der Waals surface area contributed by atoms with Crippen molar-refractivity contribution in [1.29, 1.82) is 0 Å². The van der Waals surface area contributed by atoms with Gasteiger partial charge in [0.15, 0.2) is 11.6 Å². The second-order valence-electron chi connectivity index (χ2n) is 5.22. The number of hydrogen-bond acceptors (Lipinski definition) is 5. The van der Waals surface area contributed by atoms with Crippen molar-refractivity contribution in [3.63, 3.8) is 0 Å². The molecule has 1 aromatic rings. The summed E-state index contributed by atoms with van der Waals surface area (Å²) < 4.78 is 18.5. The quantitative estimate of drug-likeness (QED) is 0.623. The third kappa shape index (κ3) is 3.41. The molecule has 1 aliphatic carbocycles. The van der Waals surface area contributed by atoms with Crippen molar-refractivity contribution in [2.75, 3.05) is 19.0 Å². The highest BCUT2D eigenvalue weighted by atomic mass is 19.1. The smallest absolute Gasteiger partial charge is 0.295 e. The molecule has 1 fully saturated rings. The van der Waals surface area contributed by atoms with Crippen molar-refractivity contribution in [1.82, 2.24) is 0 Å². The van der Waals surface area contributed by atoms with E-state index in [0.717, 1.165) is 25.3 Å². The molecule has 2 rings (SSSR count). The Morgan fingerprint density at radius 1 is 1.52 bits per heavy atom. The molecule has 116 valence electrons. The van der Waals surface area contributed by atoms with Crippen LogP contribution in [0.3, 0.4) is 0 Å². The molecule has 2 N–H and O–H groups in total. The number of nitrogens with one attached hydrogen (secondary N) is 1. The monoisotopic (exact) mass is 298 g/mol. The standard InChI is InChI=1S/C14H19FN2O4/c1-21-14-8-12(13(17(19)20)7-10(14)15)16-11-4-2-3-9(11)5-6-18/h7-9,11,16,18H,2-6H2,1H3.